The van der Waals surface area contributed by atoms with Crippen LogP contribution in [0.2, 0.25) is 0 Å². The molecule has 2 aromatic carbocycles. The molecule has 34 heavy (non-hydrogen) atoms. The van der Waals surface area contributed by atoms with Crippen LogP contribution in [0.5, 0.6) is 0 Å². The van der Waals surface area contributed by atoms with Gasteiger partial charge in [0.25, 0.3) is 5.91 Å². The Morgan fingerprint density at radius 1 is 1.03 bits per heavy atom. The van der Waals surface area contributed by atoms with Crippen LogP contribution in [-0.4, -0.2) is 24.0 Å². The first kappa shape index (κ1) is 23.6. The number of esters is 1. The average Bonchev–Trinajstić information content (AvgIpc) is 3.25. The highest BCUT2D eigenvalue weighted by Crippen LogP contribution is 2.31. The number of nitrogens with zero attached hydrogens (tertiary/aromatic N) is 1. The van der Waals surface area contributed by atoms with Gasteiger partial charge in [-0.2, -0.15) is 0 Å². The molecule has 0 saturated heterocycles. The molecule has 5 nitrogen and oxygen atoms in total. The minimum atomic E-state index is -0.465. The molecule has 0 unspecified atom stereocenters. The van der Waals surface area contributed by atoms with Crippen molar-refractivity contribution in [2.45, 2.75) is 33.6 Å². The van der Waals surface area contributed by atoms with Crippen LogP contribution in [0.1, 0.15) is 51.9 Å². The van der Waals surface area contributed by atoms with E-state index in [-0.39, 0.29) is 5.91 Å². The minimum Gasteiger partial charge on any atom is -0.465 e. The van der Waals surface area contributed by atoms with Gasteiger partial charge in [0.1, 0.15) is 5.00 Å². The summed E-state index contributed by atoms with van der Waals surface area (Å²) in [7, 11) is 1.34. The Labute approximate surface area is 203 Å². The maximum Gasteiger partial charge on any atom is 0.340 e. The zero-order valence-electron chi connectivity index (χ0n) is 19.8. The van der Waals surface area contributed by atoms with Gasteiger partial charge >= 0.3 is 5.97 Å². The van der Waals surface area contributed by atoms with Crippen LogP contribution < -0.4 is 5.32 Å². The fraction of sp³-hybridized carbons (Fsp3) is 0.250. The lowest BCUT2D eigenvalue weighted by molar-refractivity contribution is 0.0602. The van der Waals surface area contributed by atoms with Gasteiger partial charge in [-0.25, -0.2) is 9.78 Å². The molecule has 4 aromatic rings. The molecule has 0 aliphatic heterocycles. The van der Waals surface area contributed by atoms with E-state index in [9.17, 15) is 9.59 Å². The van der Waals surface area contributed by atoms with Crippen LogP contribution in [0, 0.1) is 5.92 Å². The second kappa shape index (κ2) is 10.2. The summed E-state index contributed by atoms with van der Waals surface area (Å²) in [5, 5.41) is 4.20. The van der Waals surface area contributed by atoms with Crippen molar-refractivity contribution < 1.29 is 14.3 Å². The number of hydrogen-bond donors (Lipinski definition) is 1. The Morgan fingerprint density at radius 3 is 2.44 bits per heavy atom. The van der Waals surface area contributed by atoms with E-state index in [0.29, 0.717) is 22.0 Å². The molecule has 0 radical (unpaired) electrons. The first-order valence-electron chi connectivity index (χ1n) is 11.4. The Kier molecular flexibility index (Phi) is 7.08. The normalized spacial score (nSPS) is 11.1. The number of carbonyl (C=O) groups is 2. The highest BCUT2D eigenvalue weighted by molar-refractivity contribution is 7.16. The molecule has 2 aromatic heterocycles. The summed E-state index contributed by atoms with van der Waals surface area (Å²) >= 11 is 1.39. The molecular weight excluding hydrogens is 444 g/mol. The number of hydrogen-bond acceptors (Lipinski definition) is 5. The molecule has 4 rings (SSSR count). The smallest absolute Gasteiger partial charge is 0.340 e. The molecule has 2 heterocycles. The van der Waals surface area contributed by atoms with Gasteiger partial charge in [0, 0.05) is 15.8 Å². The number of aromatic nitrogens is 1. The predicted molar refractivity (Wildman–Crippen MR) is 139 cm³/mol. The zero-order chi connectivity index (χ0) is 24.2. The lowest BCUT2D eigenvalue weighted by Crippen LogP contribution is -2.14. The summed E-state index contributed by atoms with van der Waals surface area (Å²) in [5.41, 5.74) is 4.58. The first-order valence-corrected chi connectivity index (χ1v) is 12.2. The molecule has 174 valence electrons. The predicted octanol–water partition coefficient (Wildman–Crippen LogP) is 6.76. The van der Waals surface area contributed by atoms with Crippen molar-refractivity contribution in [3.8, 4) is 11.3 Å². The van der Waals surface area contributed by atoms with E-state index in [1.54, 1.807) is 6.07 Å². The number of anilines is 1. The average molecular weight is 473 g/mol. The summed E-state index contributed by atoms with van der Waals surface area (Å²) < 4.78 is 4.91. The van der Waals surface area contributed by atoms with Crippen molar-refractivity contribution in [2.24, 2.45) is 5.92 Å². The van der Waals surface area contributed by atoms with Crippen molar-refractivity contribution in [3.63, 3.8) is 0 Å². The highest BCUT2D eigenvalue weighted by Gasteiger charge is 2.20. The van der Waals surface area contributed by atoms with Gasteiger partial charge in [0.2, 0.25) is 0 Å². The molecule has 0 fully saturated rings. The number of para-hydroxylation sites is 1. The van der Waals surface area contributed by atoms with Gasteiger partial charge in [0.15, 0.2) is 0 Å². The van der Waals surface area contributed by atoms with Crippen molar-refractivity contribution in [1.29, 1.82) is 0 Å². The number of benzene rings is 2. The third kappa shape index (κ3) is 5.02. The van der Waals surface area contributed by atoms with E-state index in [1.807, 2.05) is 37.3 Å². The van der Waals surface area contributed by atoms with Crippen LogP contribution in [0.25, 0.3) is 22.2 Å². The summed E-state index contributed by atoms with van der Waals surface area (Å²) in [6, 6.07) is 19.5. The van der Waals surface area contributed by atoms with Gasteiger partial charge < -0.3 is 10.1 Å². The van der Waals surface area contributed by atoms with E-state index in [0.717, 1.165) is 39.9 Å². The fourth-order valence-corrected chi connectivity index (χ4v) is 4.91. The second-order valence-electron chi connectivity index (χ2n) is 8.62. The number of fused-ring (bicyclic) bond motifs is 1. The maximum atomic E-state index is 13.5. The Balaban J connectivity index is 1.73. The maximum absolute atomic E-state index is 13.5. The number of thiophene rings is 1. The molecule has 6 heteroatoms. The molecular formula is C28H28N2O3S. The zero-order valence-corrected chi connectivity index (χ0v) is 20.7. The SMILES string of the molecule is CCc1cc(C(=O)OC)c(NC(=O)c2cc(-c3ccc(CC(C)C)cc3)nc3ccccc23)s1. The summed E-state index contributed by atoms with van der Waals surface area (Å²) in [6.45, 7) is 6.41. The van der Waals surface area contributed by atoms with E-state index >= 15 is 0 Å². The Bertz CT molecular complexity index is 1340. The first-order chi connectivity index (χ1) is 16.4. The van der Waals surface area contributed by atoms with Gasteiger partial charge in [-0.3, -0.25) is 4.79 Å². The molecule has 0 aliphatic carbocycles. The van der Waals surface area contributed by atoms with Crippen molar-refractivity contribution >= 4 is 39.1 Å². The standard InChI is InChI=1S/C28H28N2O3S/c1-5-20-15-23(28(32)33-4)27(34-20)30-26(31)22-16-25(29-24-9-7-6-8-21(22)24)19-12-10-18(11-13-19)14-17(2)3/h6-13,15-17H,5,14H2,1-4H3,(H,30,31). The van der Waals surface area contributed by atoms with Crippen molar-refractivity contribution in [1.82, 2.24) is 4.98 Å². The van der Waals surface area contributed by atoms with Gasteiger partial charge in [-0.1, -0.05) is 63.2 Å². The second-order valence-corrected chi connectivity index (χ2v) is 9.76. The van der Waals surface area contributed by atoms with Crippen LogP contribution >= 0.6 is 11.3 Å². The number of amides is 1. The quantitative estimate of drug-likeness (QED) is 0.302. The molecule has 1 N–H and O–H groups in total. The van der Waals surface area contributed by atoms with E-state index in [4.69, 9.17) is 9.72 Å². The summed E-state index contributed by atoms with van der Waals surface area (Å²) in [6.07, 6.45) is 1.78. The molecule has 0 spiro atoms. The minimum absolute atomic E-state index is 0.286. The molecule has 1 amide bonds. The number of rotatable bonds is 7. The van der Waals surface area contributed by atoms with E-state index in [2.05, 4.69) is 43.4 Å². The van der Waals surface area contributed by atoms with Crippen molar-refractivity contribution in [2.75, 3.05) is 12.4 Å². The Morgan fingerprint density at radius 2 is 1.76 bits per heavy atom. The third-order valence-corrected chi connectivity index (χ3v) is 6.81. The largest absolute Gasteiger partial charge is 0.465 e. The number of aryl methyl sites for hydroxylation is 1. The molecule has 0 bridgehead atoms. The Hall–Kier alpha value is -3.51. The number of methoxy groups -OCH3 is 1. The third-order valence-electron chi connectivity index (χ3n) is 5.62. The molecule has 0 aliphatic rings. The number of ether oxygens (including phenoxy) is 1. The number of carbonyl (C=O) groups excluding carboxylic acids is 2. The van der Waals surface area contributed by atoms with E-state index in [1.165, 1.54) is 24.0 Å². The van der Waals surface area contributed by atoms with Crippen LogP contribution in [0.15, 0.2) is 60.7 Å². The van der Waals surface area contributed by atoms with Gasteiger partial charge in [-0.05, 0) is 42.5 Å². The number of nitrogens with one attached hydrogen (secondary N) is 1. The lowest BCUT2D eigenvalue weighted by Gasteiger charge is -2.11. The summed E-state index contributed by atoms with van der Waals surface area (Å²) in [4.78, 5) is 31.5. The highest BCUT2D eigenvalue weighted by atomic mass is 32.1. The van der Waals surface area contributed by atoms with Gasteiger partial charge in [-0.15, -0.1) is 11.3 Å². The van der Waals surface area contributed by atoms with Crippen LogP contribution in [0.4, 0.5) is 5.00 Å². The van der Waals surface area contributed by atoms with E-state index < -0.39 is 5.97 Å². The van der Waals surface area contributed by atoms with Crippen LogP contribution in [-0.2, 0) is 17.6 Å². The topological polar surface area (TPSA) is 68.3 Å². The fourth-order valence-electron chi connectivity index (χ4n) is 3.94. The molecule has 0 atom stereocenters. The molecule has 0 saturated carbocycles. The monoisotopic (exact) mass is 472 g/mol. The van der Waals surface area contributed by atoms with Gasteiger partial charge in [0.05, 0.1) is 29.4 Å². The van der Waals surface area contributed by atoms with Crippen molar-refractivity contribution in [3.05, 3.63) is 82.2 Å². The number of pyridine rings is 1. The van der Waals surface area contributed by atoms with Crippen LogP contribution in [0.3, 0.4) is 0 Å². The summed E-state index contributed by atoms with van der Waals surface area (Å²) in [5.74, 6) is -0.167. The lowest BCUT2D eigenvalue weighted by atomic mass is 9.99.